The Hall–Kier alpha value is -2.18. The zero-order chi connectivity index (χ0) is 15.9. The Bertz CT molecular complexity index is 646. The van der Waals surface area contributed by atoms with Gasteiger partial charge in [-0.1, -0.05) is 17.7 Å². The maximum absolute atomic E-state index is 12.2. The van der Waals surface area contributed by atoms with E-state index in [9.17, 15) is 4.79 Å². The summed E-state index contributed by atoms with van der Waals surface area (Å²) in [6.45, 7) is 3.05. The van der Waals surface area contributed by atoms with Crippen LogP contribution in [0.3, 0.4) is 0 Å². The standard InChI is InChI=1S/C15H17ClN4O2/c1-10-3-4-12(16)7-13(10)20-14(21)11-8-18-15(19-9-11)17-5-6-22-2/h3-4,7-9H,5-6H2,1-2H3,(H,20,21)(H,17,18,19). The van der Waals surface area contributed by atoms with Crippen LogP contribution in [-0.4, -0.2) is 36.1 Å². The molecule has 1 aromatic carbocycles. The molecule has 0 radical (unpaired) electrons. The second-order valence-corrected chi connectivity index (χ2v) is 5.06. The summed E-state index contributed by atoms with van der Waals surface area (Å²) in [5, 5.41) is 6.34. The molecule has 116 valence electrons. The summed E-state index contributed by atoms with van der Waals surface area (Å²) in [4.78, 5) is 20.4. The molecule has 0 spiro atoms. The minimum atomic E-state index is -0.284. The zero-order valence-corrected chi connectivity index (χ0v) is 13.1. The topological polar surface area (TPSA) is 76.1 Å². The Morgan fingerprint density at radius 1 is 1.32 bits per heavy atom. The fraction of sp³-hybridized carbons (Fsp3) is 0.267. The van der Waals surface area contributed by atoms with Crippen LogP contribution in [0.4, 0.5) is 11.6 Å². The molecule has 0 saturated carbocycles. The number of aromatic nitrogens is 2. The number of rotatable bonds is 6. The van der Waals surface area contributed by atoms with Crippen molar-refractivity contribution < 1.29 is 9.53 Å². The molecular weight excluding hydrogens is 304 g/mol. The molecule has 22 heavy (non-hydrogen) atoms. The number of methoxy groups -OCH3 is 1. The molecular formula is C15H17ClN4O2. The normalized spacial score (nSPS) is 10.3. The van der Waals surface area contributed by atoms with Crippen LogP contribution in [-0.2, 0) is 4.74 Å². The van der Waals surface area contributed by atoms with E-state index < -0.39 is 0 Å². The third-order valence-electron chi connectivity index (χ3n) is 2.95. The van der Waals surface area contributed by atoms with Gasteiger partial charge >= 0.3 is 0 Å². The Kier molecular flexibility index (Phi) is 5.68. The van der Waals surface area contributed by atoms with Crippen molar-refractivity contribution >= 4 is 29.1 Å². The number of benzene rings is 1. The Balaban J connectivity index is 2.02. The van der Waals surface area contributed by atoms with Gasteiger partial charge < -0.3 is 15.4 Å². The number of amides is 1. The lowest BCUT2D eigenvalue weighted by Crippen LogP contribution is -2.15. The number of hydrogen-bond acceptors (Lipinski definition) is 5. The van der Waals surface area contributed by atoms with Crippen LogP contribution in [0.1, 0.15) is 15.9 Å². The molecule has 0 aliphatic carbocycles. The van der Waals surface area contributed by atoms with Crippen molar-refractivity contribution in [1.82, 2.24) is 9.97 Å². The van der Waals surface area contributed by atoms with Crippen LogP contribution >= 0.6 is 11.6 Å². The quantitative estimate of drug-likeness (QED) is 0.800. The van der Waals surface area contributed by atoms with Crippen molar-refractivity contribution in [2.45, 2.75) is 6.92 Å². The van der Waals surface area contributed by atoms with Gasteiger partial charge in [0, 0.05) is 36.8 Å². The highest BCUT2D eigenvalue weighted by Gasteiger charge is 2.09. The van der Waals surface area contributed by atoms with E-state index in [-0.39, 0.29) is 5.91 Å². The number of nitrogens with zero attached hydrogens (tertiary/aromatic N) is 2. The lowest BCUT2D eigenvalue weighted by Gasteiger charge is -2.09. The summed E-state index contributed by atoms with van der Waals surface area (Å²) in [6, 6.07) is 5.32. The average molecular weight is 321 g/mol. The number of carbonyl (C=O) groups excluding carboxylic acids is 1. The van der Waals surface area contributed by atoms with Crippen LogP contribution in [0.15, 0.2) is 30.6 Å². The lowest BCUT2D eigenvalue weighted by atomic mass is 10.2. The highest BCUT2D eigenvalue weighted by atomic mass is 35.5. The van der Waals surface area contributed by atoms with Gasteiger partial charge in [-0.15, -0.1) is 0 Å². The largest absolute Gasteiger partial charge is 0.383 e. The first-order valence-corrected chi connectivity index (χ1v) is 7.10. The molecule has 0 unspecified atom stereocenters. The fourth-order valence-electron chi connectivity index (χ4n) is 1.72. The van der Waals surface area contributed by atoms with Gasteiger partial charge in [0.15, 0.2) is 0 Å². The molecule has 1 aromatic heterocycles. The summed E-state index contributed by atoms with van der Waals surface area (Å²) in [5.41, 5.74) is 1.97. The molecule has 0 aliphatic heterocycles. The average Bonchev–Trinajstić information content (AvgIpc) is 2.52. The molecule has 7 heteroatoms. The van der Waals surface area contributed by atoms with Gasteiger partial charge in [0.25, 0.3) is 5.91 Å². The lowest BCUT2D eigenvalue weighted by molar-refractivity contribution is 0.102. The second kappa shape index (κ2) is 7.72. The molecule has 2 N–H and O–H groups in total. The van der Waals surface area contributed by atoms with Crippen LogP contribution in [0.5, 0.6) is 0 Å². The molecule has 1 amide bonds. The maximum Gasteiger partial charge on any atom is 0.258 e. The molecule has 0 aliphatic rings. The van der Waals surface area contributed by atoms with Crippen LogP contribution in [0, 0.1) is 6.92 Å². The number of anilines is 2. The van der Waals surface area contributed by atoms with Crippen LogP contribution in [0.25, 0.3) is 0 Å². The van der Waals surface area contributed by atoms with E-state index in [1.807, 2.05) is 13.0 Å². The van der Waals surface area contributed by atoms with E-state index in [0.717, 1.165) is 5.56 Å². The van der Waals surface area contributed by atoms with Crippen molar-refractivity contribution in [1.29, 1.82) is 0 Å². The number of nitrogens with one attached hydrogen (secondary N) is 2. The number of halogens is 1. The van der Waals surface area contributed by atoms with Crippen molar-refractivity contribution in [2.24, 2.45) is 0 Å². The van der Waals surface area contributed by atoms with E-state index >= 15 is 0 Å². The van der Waals surface area contributed by atoms with Gasteiger partial charge in [0.2, 0.25) is 5.95 Å². The SMILES string of the molecule is COCCNc1ncc(C(=O)Nc2cc(Cl)ccc2C)cn1. The smallest absolute Gasteiger partial charge is 0.258 e. The van der Waals surface area contributed by atoms with Crippen LogP contribution < -0.4 is 10.6 Å². The number of carbonyl (C=O) groups is 1. The van der Waals surface area contributed by atoms with E-state index in [1.54, 1.807) is 19.2 Å². The molecule has 2 aromatic rings. The molecule has 0 bridgehead atoms. The third kappa shape index (κ3) is 4.41. The van der Waals surface area contributed by atoms with Gasteiger partial charge in [0.1, 0.15) is 0 Å². The van der Waals surface area contributed by atoms with E-state index in [0.29, 0.717) is 35.4 Å². The molecule has 1 heterocycles. The van der Waals surface area contributed by atoms with Gasteiger partial charge in [-0.25, -0.2) is 9.97 Å². The van der Waals surface area contributed by atoms with E-state index in [4.69, 9.17) is 16.3 Å². The van der Waals surface area contributed by atoms with Gasteiger partial charge in [0.05, 0.1) is 12.2 Å². The van der Waals surface area contributed by atoms with Crippen LogP contribution in [0.2, 0.25) is 5.02 Å². The van der Waals surface area contributed by atoms with Gasteiger partial charge in [-0.2, -0.15) is 0 Å². The minimum absolute atomic E-state index is 0.284. The predicted octanol–water partition coefficient (Wildman–Crippen LogP) is 2.75. The molecule has 2 rings (SSSR count). The Morgan fingerprint density at radius 2 is 2.05 bits per heavy atom. The van der Waals surface area contributed by atoms with Gasteiger partial charge in [-0.05, 0) is 24.6 Å². The predicted molar refractivity (Wildman–Crippen MR) is 86.5 cm³/mol. The highest BCUT2D eigenvalue weighted by Crippen LogP contribution is 2.20. The highest BCUT2D eigenvalue weighted by molar-refractivity contribution is 6.31. The zero-order valence-electron chi connectivity index (χ0n) is 12.4. The summed E-state index contributed by atoms with van der Waals surface area (Å²) in [6.07, 6.45) is 2.94. The number of aryl methyl sites for hydroxylation is 1. The summed E-state index contributed by atoms with van der Waals surface area (Å²) < 4.78 is 4.92. The summed E-state index contributed by atoms with van der Waals surface area (Å²) >= 11 is 5.93. The van der Waals surface area contributed by atoms with Crippen molar-refractivity contribution in [3.8, 4) is 0 Å². The molecule has 0 saturated heterocycles. The molecule has 0 atom stereocenters. The Morgan fingerprint density at radius 3 is 2.73 bits per heavy atom. The summed E-state index contributed by atoms with van der Waals surface area (Å²) in [5.74, 6) is 0.168. The van der Waals surface area contributed by atoms with Crippen molar-refractivity contribution in [3.63, 3.8) is 0 Å². The third-order valence-corrected chi connectivity index (χ3v) is 3.19. The Labute approximate surface area is 133 Å². The van der Waals surface area contributed by atoms with Crippen molar-refractivity contribution in [2.75, 3.05) is 30.9 Å². The number of hydrogen-bond donors (Lipinski definition) is 2. The first-order chi connectivity index (χ1) is 10.6. The molecule has 6 nitrogen and oxygen atoms in total. The van der Waals surface area contributed by atoms with E-state index in [1.165, 1.54) is 12.4 Å². The summed E-state index contributed by atoms with van der Waals surface area (Å²) in [7, 11) is 1.62. The maximum atomic E-state index is 12.2. The van der Waals surface area contributed by atoms with E-state index in [2.05, 4.69) is 20.6 Å². The molecule has 0 fully saturated rings. The monoisotopic (exact) mass is 320 g/mol. The first-order valence-electron chi connectivity index (χ1n) is 6.72. The fourth-order valence-corrected chi connectivity index (χ4v) is 1.90. The first kappa shape index (κ1) is 16.2. The van der Waals surface area contributed by atoms with Gasteiger partial charge in [-0.3, -0.25) is 4.79 Å². The second-order valence-electron chi connectivity index (χ2n) is 4.63. The minimum Gasteiger partial charge on any atom is -0.383 e. The van der Waals surface area contributed by atoms with Crippen molar-refractivity contribution in [3.05, 3.63) is 46.7 Å². The number of ether oxygens (including phenoxy) is 1.